The molecule has 0 radical (unpaired) electrons. The second-order valence-electron chi connectivity index (χ2n) is 6.08. The van der Waals surface area contributed by atoms with Crippen molar-refractivity contribution in [2.24, 2.45) is 0 Å². The molecule has 0 aliphatic carbocycles. The first-order valence-electron chi connectivity index (χ1n) is 7.93. The monoisotopic (exact) mass is 361 g/mol. The molecule has 1 amide bonds. The molecule has 0 spiro atoms. The van der Waals surface area contributed by atoms with Gasteiger partial charge >= 0.3 is 0 Å². The van der Waals surface area contributed by atoms with Crippen LogP contribution in [0.5, 0.6) is 0 Å². The van der Waals surface area contributed by atoms with Gasteiger partial charge in [0, 0.05) is 18.9 Å². The van der Waals surface area contributed by atoms with Crippen molar-refractivity contribution in [3.8, 4) is 0 Å². The highest BCUT2D eigenvalue weighted by Gasteiger charge is 2.29. The second-order valence-corrected chi connectivity index (χ2v) is 7.94. The fourth-order valence-corrected chi connectivity index (χ4v) is 3.68. The normalized spacial score (nSPS) is 12.5. The summed E-state index contributed by atoms with van der Waals surface area (Å²) in [6.07, 6.45) is 4.41. The summed E-state index contributed by atoms with van der Waals surface area (Å²) in [5.41, 5.74) is 3.36. The molecular formula is C18H23N3O3S. The van der Waals surface area contributed by atoms with Crippen molar-refractivity contribution in [1.82, 2.24) is 10.3 Å². The number of benzene rings is 1. The van der Waals surface area contributed by atoms with Gasteiger partial charge in [-0.15, -0.1) is 0 Å². The number of nitrogens with one attached hydrogen (secondary N) is 1. The number of aromatic nitrogens is 1. The maximum atomic E-state index is 12.5. The zero-order valence-corrected chi connectivity index (χ0v) is 15.7. The second kappa shape index (κ2) is 7.65. The van der Waals surface area contributed by atoms with Gasteiger partial charge < -0.3 is 5.32 Å². The molecule has 1 aromatic heterocycles. The van der Waals surface area contributed by atoms with Gasteiger partial charge in [0.05, 0.1) is 11.9 Å². The molecule has 2 rings (SSSR count). The van der Waals surface area contributed by atoms with E-state index < -0.39 is 16.1 Å². The van der Waals surface area contributed by atoms with E-state index in [0.717, 1.165) is 27.3 Å². The summed E-state index contributed by atoms with van der Waals surface area (Å²) in [5, 5.41) is 2.76. The molecule has 1 atom stereocenters. The molecule has 7 heteroatoms. The lowest BCUT2D eigenvalue weighted by atomic mass is 10.1. The van der Waals surface area contributed by atoms with Crippen LogP contribution in [0, 0.1) is 13.8 Å². The SMILES string of the molecule is Cc1ccc(N([C@H](C)C(=O)NCc2cccnc2)S(C)(=O)=O)cc1C. The molecule has 0 bridgehead atoms. The predicted octanol–water partition coefficient (Wildman–Crippen LogP) is 2.17. The topological polar surface area (TPSA) is 79.4 Å². The number of nitrogens with zero attached hydrogens (tertiary/aromatic N) is 2. The number of rotatable bonds is 6. The van der Waals surface area contributed by atoms with Crippen molar-refractivity contribution >= 4 is 21.6 Å². The summed E-state index contributed by atoms with van der Waals surface area (Å²) < 4.78 is 25.7. The third-order valence-electron chi connectivity index (χ3n) is 4.02. The maximum Gasteiger partial charge on any atom is 0.243 e. The third-order valence-corrected chi connectivity index (χ3v) is 5.26. The first kappa shape index (κ1) is 18.9. The van der Waals surface area contributed by atoms with Crippen LogP contribution < -0.4 is 9.62 Å². The number of hydrogen-bond acceptors (Lipinski definition) is 4. The van der Waals surface area contributed by atoms with Gasteiger partial charge in [0.25, 0.3) is 0 Å². The molecule has 25 heavy (non-hydrogen) atoms. The minimum absolute atomic E-state index is 0.293. The molecule has 1 N–H and O–H groups in total. The van der Waals surface area contributed by atoms with Gasteiger partial charge in [-0.2, -0.15) is 0 Å². The third kappa shape index (κ3) is 4.79. The van der Waals surface area contributed by atoms with E-state index in [0.29, 0.717) is 12.2 Å². The average Bonchev–Trinajstić information content (AvgIpc) is 2.55. The number of amides is 1. The van der Waals surface area contributed by atoms with Gasteiger partial charge in [0.15, 0.2) is 0 Å². The number of carbonyl (C=O) groups excluding carboxylic acids is 1. The van der Waals surface area contributed by atoms with E-state index in [2.05, 4.69) is 10.3 Å². The van der Waals surface area contributed by atoms with E-state index in [1.807, 2.05) is 26.0 Å². The smallest absolute Gasteiger partial charge is 0.243 e. The number of carbonyl (C=O) groups is 1. The Morgan fingerprint density at radius 2 is 1.96 bits per heavy atom. The minimum Gasteiger partial charge on any atom is -0.350 e. The largest absolute Gasteiger partial charge is 0.350 e. The zero-order chi connectivity index (χ0) is 18.6. The predicted molar refractivity (Wildman–Crippen MR) is 98.8 cm³/mol. The van der Waals surface area contributed by atoms with Crippen LogP contribution in [-0.4, -0.2) is 31.6 Å². The molecule has 0 unspecified atom stereocenters. The van der Waals surface area contributed by atoms with Crippen LogP contribution in [0.3, 0.4) is 0 Å². The molecule has 0 saturated carbocycles. The van der Waals surface area contributed by atoms with Gasteiger partial charge in [-0.05, 0) is 55.7 Å². The van der Waals surface area contributed by atoms with Gasteiger partial charge in [-0.25, -0.2) is 8.42 Å². The molecule has 6 nitrogen and oxygen atoms in total. The van der Waals surface area contributed by atoms with Gasteiger partial charge in [0.2, 0.25) is 15.9 Å². The maximum absolute atomic E-state index is 12.5. The lowest BCUT2D eigenvalue weighted by molar-refractivity contribution is -0.122. The molecular weight excluding hydrogens is 338 g/mol. The Hall–Kier alpha value is -2.41. The first-order valence-corrected chi connectivity index (χ1v) is 9.78. The molecule has 2 aromatic rings. The summed E-state index contributed by atoms with van der Waals surface area (Å²) >= 11 is 0. The van der Waals surface area contributed by atoms with E-state index in [1.54, 1.807) is 37.5 Å². The summed E-state index contributed by atoms with van der Waals surface area (Å²) in [4.78, 5) is 16.5. The minimum atomic E-state index is -3.61. The van der Waals surface area contributed by atoms with Crippen LogP contribution >= 0.6 is 0 Å². The highest BCUT2D eigenvalue weighted by molar-refractivity contribution is 7.92. The quantitative estimate of drug-likeness (QED) is 0.855. The van der Waals surface area contributed by atoms with Crippen LogP contribution in [0.4, 0.5) is 5.69 Å². The fourth-order valence-electron chi connectivity index (χ4n) is 2.51. The molecule has 0 aliphatic heterocycles. The highest BCUT2D eigenvalue weighted by Crippen LogP contribution is 2.23. The van der Waals surface area contributed by atoms with E-state index in [4.69, 9.17) is 0 Å². The Bertz CT molecular complexity index is 851. The number of anilines is 1. The Labute approximate surface area is 148 Å². The van der Waals surface area contributed by atoms with Gasteiger partial charge in [-0.3, -0.25) is 14.1 Å². The lowest BCUT2D eigenvalue weighted by Crippen LogP contribution is -2.47. The average molecular weight is 361 g/mol. The number of hydrogen-bond donors (Lipinski definition) is 1. The fraction of sp³-hybridized carbons (Fsp3) is 0.333. The Morgan fingerprint density at radius 1 is 1.24 bits per heavy atom. The molecule has 1 heterocycles. The lowest BCUT2D eigenvalue weighted by Gasteiger charge is -2.28. The van der Waals surface area contributed by atoms with E-state index in [1.165, 1.54) is 0 Å². The molecule has 0 aliphatic rings. The van der Waals surface area contributed by atoms with Crippen molar-refractivity contribution in [2.45, 2.75) is 33.4 Å². The van der Waals surface area contributed by atoms with Crippen LogP contribution in [0.15, 0.2) is 42.7 Å². The molecule has 134 valence electrons. The number of aryl methyl sites for hydroxylation is 2. The summed E-state index contributed by atoms with van der Waals surface area (Å²) in [5.74, 6) is -0.368. The van der Waals surface area contributed by atoms with E-state index in [9.17, 15) is 13.2 Å². The molecule has 0 saturated heterocycles. The van der Waals surface area contributed by atoms with Crippen molar-refractivity contribution < 1.29 is 13.2 Å². The summed E-state index contributed by atoms with van der Waals surface area (Å²) in [6, 6.07) is 8.10. The van der Waals surface area contributed by atoms with E-state index in [-0.39, 0.29) is 5.91 Å². The van der Waals surface area contributed by atoms with Gasteiger partial charge in [-0.1, -0.05) is 12.1 Å². The highest BCUT2D eigenvalue weighted by atomic mass is 32.2. The van der Waals surface area contributed by atoms with Crippen LogP contribution in [0.25, 0.3) is 0 Å². The summed E-state index contributed by atoms with van der Waals surface area (Å²) in [6.45, 7) is 5.73. The van der Waals surface area contributed by atoms with E-state index >= 15 is 0 Å². The Balaban J connectivity index is 2.22. The zero-order valence-electron chi connectivity index (χ0n) is 14.9. The van der Waals surface area contributed by atoms with Crippen molar-refractivity contribution in [3.63, 3.8) is 0 Å². The van der Waals surface area contributed by atoms with Crippen molar-refractivity contribution in [1.29, 1.82) is 0 Å². The first-order chi connectivity index (χ1) is 11.7. The Morgan fingerprint density at radius 3 is 2.52 bits per heavy atom. The standard InChI is InChI=1S/C18H23N3O3S/c1-13-7-8-17(10-14(13)2)21(25(4,23)24)15(3)18(22)20-12-16-6-5-9-19-11-16/h5-11,15H,12H2,1-4H3,(H,20,22)/t15-/m1/s1. The molecule has 0 fully saturated rings. The van der Waals surface area contributed by atoms with Gasteiger partial charge in [0.1, 0.15) is 6.04 Å². The van der Waals surface area contributed by atoms with Crippen molar-refractivity contribution in [3.05, 3.63) is 59.4 Å². The number of pyridine rings is 1. The summed E-state index contributed by atoms with van der Waals surface area (Å²) in [7, 11) is -3.61. The van der Waals surface area contributed by atoms with Crippen molar-refractivity contribution in [2.75, 3.05) is 10.6 Å². The van der Waals surface area contributed by atoms with Crippen LogP contribution in [0.2, 0.25) is 0 Å². The number of sulfonamides is 1. The Kier molecular flexibility index (Phi) is 5.79. The van der Waals surface area contributed by atoms with Crippen LogP contribution in [0.1, 0.15) is 23.6 Å². The molecule has 1 aromatic carbocycles. The van der Waals surface area contributed by atoms with Crippen LogP contribution in [-0.2, 0) is 21.4 Å².